The number of nitrogens with one attached hydrogen (secondary N) is 1. The van der Waals surface area contributed by atoms with E-state index in [0.717, 1.165) is 31.7 Å². The number of rotatable bonds is 3. The molecule has 23 heavy (non-hydrogen) atoms. The first-order valence-electron chi connectivity index (χ1n) is 7.30. The second-order valence-electron chi connectivity index (χ2n) is 5.48. The number of alkyl halides is 3. The zero-order chi connectivity index (χ0) is 16.4. The molecule has 0 aliphatic carbocycles. The van der Waals surface area contributed by atoms with E-state index in [1.54, 1.807) is 17.4 Å². The van der Waals surface area contributed by atoms with Crippen molar-refractivity contribution in [2.45, 2.75) is 12.2 Å². The molecule has 1 aromatic carbocycles. The maximum absolute atomic E-state index is 13.2. The Kier molecular flexibility index (Phi) is 4.96. The van der Waals surface area contributed by atoms with Crippen molar-refractivity contribution in [1.29, 1.82) is 0 Å². The fourth-order valence-electron chi connectivity index (χ4n) is 2.92. The lowest BCUT2D eigenvalue weighted by molar-refractivity contribution is -0.137. The summed E-state index contributed by atoms with van der Waals surface area (Å²) in [6.45, 7) is 3.26. The van der Waals surface area contributed by atoms with Gasteiger partial charge in [-0.1, -0.05) is 17.7 Å². The summed E-state index contributed by atoms with van der Waals surface area (Å²) in [6.07, 6.45) is -4.45. The maximum Gasteiger partial charge on any atom is 0.417 e. The molecule has 0 spiro atoms. The van der Waals surface area contributed by atoms with Crippen LogP contribution in [0.2, 0.25) is 5.02 Å². The van der Waals surface area contributed by atoms with Gasteiger partial charge in [-0.2, -0.15) is 24.5 Å². The van der Waals surface area contributed by atoms with Gasteiger partial charge < -0.3 is 5.32 Å². The lowest BCUT2D eigenvalue weighted by atomic mass is 9.97. The van der Waals surface area contributed by atoms with Gasteiger partial charge in [-0.3, -0.25) is 4.90 Å². The van der Waals surface area contributed by atoms with E-state index < -0.39 is 11.7 Å². The van der Waals surface area contributed by atoms with E-state index in [4.69, 9.17) is 11.6 Å². The van der Waals surface area contributed by atoms with Gasteiger partial charge in [0.1, 0.15) is 0 Å². The first-order valence-corrected chi connectivity index (χ1v) is 8.62. The highest BCUT2D eigenvalue weighted by molar-refractivity contribution is 7.08. The van der Waals surface area contributed by atoms with E-state index in [0.29, 0.717) is 5.56 Å². The number of hydrogen-bond donors (Lipinski definition) is 1. The van der Waals surface area contributed by atoms with Crippen molar-refractivity contribution in [3.8, 4) is 0 Å². The Morgan fingerprint density at radius 3 is 2.48 bits per heavy atom. The van der Waals surface area contributed by atoms with E-state index >= 15 is 0 Å². The standard InChI is InChI=1S/C16H16ClF3N2S/c17-14-2-1-11(9-13(14)16(18,19)20)15(12-3-8-23-10-12)22-6-4-21-5-7-22/h1-3,8-10,15,21H,4-7H2/t15-/m0/s1. The fraction of sp³-hybridized carbons (Fsp3) is 0.375. The van der Waals surface area contributed by atoms with Crippen molar-refractivity contribution < 1.29 is 13.2 Å². The molecular weight excluding hydrogens is 345 g/mol. The lowest BCUT2D eigenvalue weighted by Gasteiger charge is -2.35. The maximum atomic E-state index is 13.2. The van der Waals surface area contributed by atoms with Crippen LogP contribution >= 0.6 is 22.9 Å². The van der Waals surface area contributed by atoms with Crippen molar-refractivity contribution in [1.82, 2.24) is 10.2 Å². The summed E-state index contributed by atoms with van der Waals surface area (Å²) < 4.78 is 39.5. The molecule has 1 aliphatic rings. The monoisotopic (exact) mass is 360 g/mol. The van der Waals surface area contributed by atoms with Gasteiger partial charge in [0.05, 0.1) is 16.6 Å². The van der Waals surface area contributed by atoms with E-state index in [-0.39, 0.29) is 11.1 Å². The number of nitrogens with zero attached hydrogens (tertiary/aromatic N) is 1. The molecular formula is C16H16ClF3N2S. The normalized spacial score (nSPS) is 18.1. The molecule has 1 N–H and O–H groups in total. The Labute approximate surface area is 141 Å². The van der Waals surface area contributed by atoms with Gasteiger partial charge in [0.2, 0.25) is 0 Å². The highest BCUT2D eigenvalue weighted by Crippen LogP contribution is 2.38. The summed E-state index contributed by atoms with van der Waals surface area (Å²) in [7, 11) is 0. The Morgan fingerprint density at radius 2 is 1.87 bits per heavy atom. The van der Waals surface area contributed by atoms with Gasteiger partial charge >= 0.3 is 6.18 Å². The zero-order valence-corrected chi connectivity index (χ0v) is 13.8. The first kappa shape index (κ1) is 16.8. The van der Waals surface area contributed by atoms with Gasteiger partial charge in [-0.15, -0.1) is 0 Å². The van der Waals surface area contributed by atoms with Crippen LogP contribution in [0, 0.1) is 0 Å². The van der Waals surface area contributed by atoms with Gasteiger partial charge in [-0.25, -0.2) is 0 Å². The summed E-state index contributed by atoms with van der Waals surface area (Å²) in [5.74, 6) is 0. The van der Waals surface area contributed by atoms with Crippen LogP contribution in [-0.4, -0.2) is 31.1 Å². The van der Waals surface area contributed by atoms with Crippen LogP contribution in [0.4, 0.5) is 13.2 Å². The molecule has 0 amide bonds. The minimum Gasteiger partial charge on any atom is -0.314 e. The first-order chi connectivity index (χ1) is 11.0. The predicted molar refractivity (Wildman–Crippen MR) is 87.1 cm³/mol. The van der Waals surface area contributed by atoms with E-state index in [9.17, 15) is 13.2 Å². The Bertz CT molecular complexity index is 652. The second kappa shape index (κ2) is 6.81. The molecule has 1 aliphatic heterocycles. The predicted octanol–water partition coefficient (Wildman–Crippen LogP) is 4.41. The van der Waals surface area contributed by atoms with Crippen molar-refractivity contribution >= 4 is 22.9 Å². The summed E-state index contributed by atoms with van der Waals surface area (Å²) >= 11 is 7.30. The average molecular weight is 361 g/mol. The minimum atomic E-state index is -4.45. The van der Waals surface area contributed by atoms with Crippen LogP contribution in [0.5, 0.6) is 0 Å². The summed E-state index contributed by atoms with van der Waals surface area (Å²) in [5.41, 5.74) is 0.876. The van der Waals surface area contributed by atoms with E-state index in [1.165, 1.54) is 12.1 Å². The minimum absolute atomic E-state index is 0.179. The summed E-state index contributed by atoms with van der Waals surface area (Å²) in [5, 5.41) is 6.96. The molecule has 1 atom stereocenters. The average Bonchev–Trinajstić information content (AvgIpc) is 3.03. The van der Waals surface area contributed by atoms with E-state index in [2.05, 4.69) is 10.2 Å². The third-order valence-corrected chi connectivity index (χ3v) is 5.02. The molecule has 1 aromatic heterocycles. The number of piperazine rings is 1. The number of benzene rings is 1. The number of halogens is 4. The molecule has 0 saturated carbocycles. The highest BCUT2D eigenvalue weighted by atomic mass is 35.5. The number of thiophene rings is 1. The molecule has 0 bridgehead atoms. The Hall–Kier alpha value is -1.08. The van der Waals surface area contributed by atoms with Crippen molar-refractivity contribution in [2.24, 2.45) is 0 Å². The fourth-order valence-corrected chi connectivity index (χ4v) is 3.82. The quantitative estimate of drug-likeness (QED) is 0.872. The lowest BCUT2D eigenvalue weighted by Crippen LogP contribution is -2.45. The molecule has 0 radical (unpaired) electrons. The van der Waals surface area contributed by atoms with Crippen LogP contribution in [0.25, 0.3) is 0 Å². The van der Waals surface area contributed by atoms with Gasteiger partial charge in [-0.05, 0) is 40.1 Å². The molecule has 2 nitrogen and oxygen atoms in total. The van der Waals surface area contributed by atoms with Crippen LogP contribution in [0.3, 0.4) is 0 Å². The van der Waals surface area contributed by atoms with Crippen LogP contribution in [0.1, 0.15) is 22.7 Å². The van der Waals surface area contributed by atoms with Crippen LogP contribution in [0.15, 0.2) is 35.0 Å². The van der Waals surface area contributed by atoms with Crippen molar-refractivity contribution in [2.75, 3.05) is 26.2 Å². The molecule has 124 valence electrons. The van der Waals surface area contributed by atoms with Crippen molar-refractivity contribution in [3.63, 3.8) is 0 Å². The zero-order valence-electron chi connectivity index (χ0n) is 12.2. The Morgan fingerprint density at radius 1 is 1.13 bits per heavy atom. The topological polar surface area (TPSA) is 15.3 Å². The SMILES string of the molecule is FC(F)(F)c1cc([C@@H](c2ccsc2)N2CCNCC2)ccc1Cl. The molecule has 1 fully saturated rings. The molecule has 7 heteroatoms. The second-order valence-corrected chi connectivity index (χ2v) is 6.67. The largest absolute Gasteiger partial charge is 0.417 e. The molecule has 1 saturated heterocycles. The van der Waals surface area contributed by atoms with Gasteiger partial charge in [0, 0.05) is 26.2 Å². The highest BCUT2D eigenvalue weighted by Gasteiger charge is 2.35. The molecule has 3 rings (SSSR count). The molecule has 2 heterocycles. The van der Waals surface area contributed by atoms with E-state index in [1.807, 2.05) is 16.8 Å². The number of hydrogen-bond acceptors (Lipinski definition) is 3. The Balaban J connectivity index is 2.03. The van der Waals surface area contributed by atoms with Crippen LogP contribution in [-0.2, 0) is 6.18 Å². The van der Waals surface area contributed by atoms with Crippen LogP contribution < -0.4 is 5.32 Å². The van der Waals surface area contributed by atoms with Gasteiger partial charge in [0.15, 0.2) is 0 Å². The molecule has 0 unspecified atom stereocenters. The third kappa shape index (κ3) is 3.71. The summed E-state index contributed by atoms with van der Waals surface area (Å²) in [4.78, 5) is 2.21. The molecule has 2 aromatic rings. The summed E-state index contributed by atoms with van der Waals surface area (Å²) in [6, 6.07) is 6.02. The van der Waals surface area contributed by atoms with Gasteiger partial charge in [0.25, 0.3) is 0 Å². The van der Waals surface area contributed by atoms with Crippen molar-refractivity contribution in [3.05, 3.63) is 56.7 Å². The third-order valence-electron chi connectivity index (χ3n) is 3.99. The smallest absolute Gasteiger partial charge is 0.314 e.